The molecule has 1 fully saturated rings. The molecule has 9 heteroatoms. The third kappa shape index (κ3) is 4.50. The maximum Gasteiger partial charge on any atom is 0.277 e. The monoisotopic (exact) mass is 457 g/mol. The first-order valence-electron chi connectivity index (χ1n) is 10.1. The van der Waals surface area contributed by atoms with Crippen molar-refractivity contribution in [3.05, 3.63) is 47.5 Å². The lowest BCUT2D eigenvalue weighted by Crippen LogP contribution is -2.40. The van der Waals surface area contributed by atoms with Crippen LogP contribution in [0.25, 0.3) is 11.5 Å². The zero-order valence-electron chi connectivity index (χ0n) is 16.6. The minimum Gasteiger partial charge on any atom is -0.448 e. The molecule has 1 amide bonds. The topological polar surface area (TPSA) is 86.5 Å². The van der Waals surface area contributed by atoms with Crippen LogP contribution >= 0.6 is 23.4 Å². The van der Waals surface area contributed by atoms with E-state index in [0.717, 1.165) is 37.0 Å². The fourth-order valence-electron chi connectivity index (χ4n) is 3.77. The van der Waals surface area contributed by atoms with Gasteiger partial charge in [0.2, 0.25) is 11.8 Å². The van der Waals surface area contributed by atoms with Crippen LogP contribution in [0.5, 0.6) is 11.5 Å². The van der Waals surface area contributed by atoms with Crippen molar-refractivity contribution in [2.75, 3.05) is 11.1 Å². The summed E-state index contributed by atoms with van der Waals surface area (Å²) in [7, 11) is 0. The molecule has 1 spiro atoms. The number of carbonyl (C=O) groups is 1. The average molecular weight is 458 g/mol. The summed E-state index contributed by atoms with van der Waals surface area (Å²) in [6.07, 6.45) is 5.20. The molecule has 7 nitrogen and oxygen atoms in total. The Morgan fingerprint density at radius 1 is 1.03 bits per heavy atom. The Hall–Kier alpha value is -2.71. The van der Waals surface area contributed by atoms with Crippen molar-refractivity contribution in [3.8, 4) is 23.0 Å². The summed E-state index contributed by atoms with van der Waals surface area (Å²) >= 11 is 7.07. The lowest BCUT2D eigenvalue weighted by atomic mass is 9.94. The fraction of sp³-hybridized carbons (Fsp3) is 0.318. The van der Waals surface area contributed by atoms with E-state index < -0.39 is 5.79 Å². The molecule has 1 aliphatic heterocycles. The molecule has 2 aliphatic rings. The van der Waals surface area contributed by atoms with E-state index in [1.165, 1.54) is 18.2 Å². The quantitative estimate of drug-likeness (QED) is 0.502. The van der Waals surface area contributed by atoms with Gasteiger partial charge in [-0.05, 0) is 49.2 Å². The number of thioether (sulfide) groups is 1. The SMILES string of the molecule is O=C(CSc1nnc(-c2ccc(Cl)cc2)o1)Nc1ccc2c(c1)OC1(CCCCC1)O2. The van der Waals surface area contributed by atoms with Crippen LogP contribution in [0.15, 0.2) is 52.1 Å². The standard InChI is InChI=1S/C22H20ClN3O4S/c23-15-6-4-14(5-7-15)20-25-26-21(28-20)31-13-19(27)24-16-8-9-17-18(12-16)30-22(29-17)10-2-1-3-11-22/h4-9,12H,1-3,10-11,13H2,(H,24,27). The Kier molecular flexibility index (Phi) is 5.50. The van der Waals surface area contributed by atoms with E-state index in [0.29, 0.717) is 27.6 Å². The van der Waals surface area contributed by atoms with Gasteiger partial charge < -0.3 is 19.2 Å². The second kappa shape index (κ2) is 8.43. The van der Waals surface area contributed by atoms with Crippen LogP contribution in [-0.4, -0.2) is 27.6 Å². The van der Waals surface area contributed by atoms with Crippen LogP contribution in [-0.2, 0) is 4.79 Å². The van der Waals surface area contributed by atoms with Gasteiger partial charge in [-0.1, -0.05) is 29.8 Å². The van der Waals surface area contributed by atoms with Crippen LogP contribution in [0.2, 0.25) is 5.02 Å². The summed E-state index contributed by atoms with van der Waals surface area (Å²) in [4.78, 5) is 12.4. The van der Waals surface area contributed by atoms with Crippen LogP contribution in [0.4, 0.5) is 5.69 Å². The van der Waals surface area contributed by atoms with Crippen molar-refractivity contribution in [2.45, 2.75) is 43.1 Å². The van der Waals surface area contributed by atoms with Crippen molar-refractivity contribution in [2.24, 2.45) is 0 Å². The molecule has 1 N–H and O–H groups in total. The summed E-state index contributed by atoms with van der Waals surface area (Å²) < 4.78 is 17.8. The van der Waals surface area contributed by atoms with Gasteiger partial charge in [0, 0.05) is 35.2 Å². The van der Waals surface area contributed by atoms with Crippen LogP contribution in [0, 0.1) is 0 Å². The Labute approximate surface area is 188 Å². The molecular weight excluding hydrogens is 438 g/mol. The van der Waals surface area contributed by atoms with Crippen molar-refractivity contribution >= 4 is 35.0 Å². The number of anilines is 1. The molecule has 0 bridgehead atoms. The number of benzene rings is 2. The van der Waals surface area contributed by atoms with Crippen LogP contribution in [0.1, 0.15) is 32.1 Å². The first kappa shape index (κ1) is 20.2. The maximum atomic E-state index is 12.4. The summed E-state index contributed by atoms with van der Waals surface area (Å²) in [5, 5.41) is 11.8. The minimum atomic E-state index is -0.529. The summed E-state index contributed by atoms with van der Waals surface area (Å²) in [5.41, 5.74) is 1.43. The Balaban J connectivity index is 1.17. The van der Waals surface area contributed by atoms with Crippen molar-refractivity contribution < 1.29 is 18.7 Å². The van der Waals surface area contributed by atoms with E-state index in [4.69, 9.17) is 25.5 Å². The van der Waals surface area contributed by atoms with E-state index in [1.54, 1.807) is 24.3 Å². The van der Waals surface area contributed by atoms with Gasteiger partial charge in [0.05, 0.1) is 5.75 Å². The highest BCUT2D eigenvalue weighted by Gasteiger charge is 2.42. The Morgan fingerprint density at radius 2 is 1.81 bits per heavy atom. The molecule has 160 valence electrons. The van der Waals surface area contributed by atoms with E-state index in [2.05, 4.69) is 15.5 Å². The molecule has 0 saturated heterocycles. The Morgan fingerprint density at radius 3 is 2.61 bits per heavy atom. The largest absolute Gasteiger partial charge is 0.448 e. The number of ether oxygens (including phenoxy) is 2. The highest BCUT2D eigenvalue weighted by atomic mass is 35.5. The average Bonchev–Trinajstić information content (AvgIpc) is 3.37. The van der Waals surface area contributed by atoms with Crippen molar-refractivity contribution in [3.63, 3.8) is 0 Å². The van der Waals surface area contributed by atoms with E-state index in [9.17, 15) is 4.79 Å². The summed E-state index contributed by atoms with van der Waals surface area (Å²) in [5.74, 6) is 1.22. The molecule has 1 aliphatic carbocycles. The molecule has 2 aromatic carbocycles. The number of carbonyl (C=O) groups excluding carboxylic acids is 1. The number of hydrogen-bond acceptors (Lipinski definition) is 7. The first-order valence-corrected chi connectivity index (χ1v) is 11.5. The van der Waals surface area contributed by atoms with Crippen molar-refractivity contribution in [1.82, 2.24) is 10.2 Å². The Bertz CT molecular complexity index is 1100. The predicted octanol–water partition coefficient (Wildman–Crippen LogP) is 5.55. The van der Waals surface area contributed by atoms with Crippen molar-refractivity contribution in [1.29, 1.82) is 0 Å². The number of fused-ring (bicyclic) bond motifs is 1. The molecule has 3 aromatic rings. The number of amides is 1. The second-order valence-electron chi connectivity index (χ2n) is 7.55. The van der Waals surface area contributed by atoms with E-state index in [1.807, 2.05) is 18.2 Å². The number of aromatic nitrogens is 2. The molecule has 0 unspecified atom stereocenters. The third-order valence-corrected chi connectivity index (χ3v) is 6.33. The minimum absolute atomic E-state index is 0.140. The molecule has 5 rings (SSSR count). The third-order valence-electron chi connectivity index (χ3n) is 5.26. The lowest BCUT2D eigenvalue weighted by Gasteiger charge is -2.31. The van der Waals surface area contributed by atoms with Crippen LogP contribution in [0.3, 0.4) is 0 Å². The first-order chi connectivity index (χ1) is 15.1. The number of rotatable bonds is 5. The van der Waals surface area contributed by atoms with Crippen LogP contribution < -0.4 is 14.8 Å². The van der Waals surface area contributed by atoms with E-state index in [-0.39, 0.29) is 11.7 Å². The fourth-order valence-corrected chi connectivity index (χ4v) is 4.46. The second-order valence-corrected chi connectivity index (χ2v) is 8.92. The summed E-state index contributed by atoms with van der Waals surface area (Å²) in [6, 6.07) is 12.6. The molecule has 31 heavy (non-hydrogen) atoms. The zero-order chi connectivity index (χ0) is 21.3. The van der Waals surface area contributed by atoms with Gasteiger partial charge in [-0.25, -0.2) is 0 Å². The lowest BCUT2D eigenvalue weighted by molar-refractivity contribution is -0.113. The molecular formula is C22H20ClN3O4S. The molecule has 0 atom stereocenters. The number of hydrogen-bond donors (Lipinski definition) is 1. The zero-order valence-corrected chi connectivity index (χ0v) is 18.2. The number of nitrogens with one attached hydrogen (secondary N) is 1. The van der Waals surface area contributed by atoms with Gasteiger partial charge in [0.15, 0.2) is 11.5 Å². The van der Waals surface area contributed by atoms with E-state index >= 15 is 0 Å². The highest BCUT2D eigenvalue weighted by molar-refractivity contribution is 7.99. The van der Waals surface area contributed by atoms with Gasteiger partial charge in [-0.15, -0.1) is 10.2 Å². The number of halogens is 1. The van der Waals surface area contributed by atoms with Gasteiger partial charge in [0.1, 0.15) is 0 Å². The molecule has 2 heterocycles. The van der Waals surface area contributed by atoms with Gasteiger partial charge in [-0.2, -0.15) is 0 Å². The predicted molar refractivity (Wildman–Crippen MR) is 118 cm³/mol. The highest BCUT2D eigenvalue weighted by Crippen LogP contribution is 2.46. The smallest absolute Gasteiger partial charge is 0.277 e. The molecule has 1 saturated carbocycles. The molecule has 1 aromatic heterocycles. The van der Waals surface area contributed by atoms with Gasteiger partial charge >= 0.3 is 0 Å². The normalized spacial score (nSPS) is 16.4. The molecule has 0 radical (unpaired) electrons. The summed E-state index contributed by atoms with van der Waals surface area (Å²) in [6.45, 7) is 0. The van der Waals surface area contributed by atoms with Gasteiger partial charge in [-0.3, -0.25) is 4.79 Å². The maximum absolute atomic E-state index is 12.4. The number of nitrogens with zero attached hydrogens (tertiary/aromatic N) is 2. The van der Waals surface area contributed by atoms with Gasteiger partial charge in [0.25, 0.3) is 11.0 Å².